The Hall–Kier alpha value is -0.600. The van der Waals surface area contributed by atoms with Crippen molar-refractivity contribution in [1.29, 1.82) is 0 Å². The third kappa shape index (κ3) is 7.56. The van der Waals surface area contributed by atoms with Gasteiger partial charge in [0.15, 0.2) is 25.2 Å². The number of rotatable bonds is 9. The summed E-state index contributed by atoms with van der Waals surface area (Å²) in [6, 6.07) is 0. The summed E-state index contributed by atoms with van der Waals surface area (Å²) < 4.78 is 52.7. The van der Waals surface area contributed by atoms with E-state index in [2.05, 4.69) is 0 Å². The highest BCUT2D eigenvalue weighted by Gasteiger charge is 2.49. The van der Waals surface area contributed by atoms with Crippen molar-refractivity contribution in [3.8, 4) is 0 Å². The first-order valence-electron chi connectivity index (χ1n) is 14.1. The number of methoxy groups -OCH3 is 2. The maximum Gasteiger partial charge on any atom is 0.187 e. The Morgan fingerprint density at radius 1 is 0.610 bits per heavy atom. The van der Waals surface area contributed by atoms with Crippen LogP contribution in [0.3, 0.4) is 0 Å². The van der Waals surface area contributed by atoms with Crippen LogP contribution in [0.15, 0.2) is 0 Å². The molecule has 4 aliphatic heterocycles. The lowest BCUT2D eigenvalue weighted by Gasteiger charge is -2.47. The topological polar surface area (TPSA) is 204 Å². The Bertz CT molecular complexity index is 793. The standard InChI is InChI=1S/C26H46O15/c1-10-23(13(28)6-17(29)35-10)39-18-7-14(33-4)24(11(2)36-18)40-19-8-15(34-5)25(12(3)37-19)41-26-22(32)21(31)20(30)16(9-27)38-26/h10-32H,6-9H2,1-5H3/t10-,11-,12+,13+,14+,15-,16-,17?,18+,19+,20-,21+,22-,23-,24-,25+,26+/m1/s1. The van der Waals surface area contributed by atoms with E-state index in [1.54, 1.807) is 21.0 Å². The van der Waals surface area contributed by atoms with Gasteiger partial charge in [-0.2, -0.15) is 0 Å². The molecule has 0 amide bonds. The Kier molecular flexibility index (Phi) is 11.7. The van der Waals surface area contributed by atoms with Crippen molar-refractivity contribution in [3.63, 3.8) is 0 Å². The van der Waals surface area contributed by atoms with E-state index in [0.717, 1.165) is 0 Å². The quantitative estimate of drug-likeness (QED) is 0.166. The highest BCUT2D eigenvalue weighted by atomic mass is 16.8. The highest BCUT2D eigenvalue weighted by molar-refractivity contribution is 4.92. The lowest BCUT2D eigenvalue weighted by Crippen LogP contribution is -2.62. The molecular weight excluding hydrogens is 552 g/mol. The summed E-state index contributed by atoms with van der Waals surface area (Å²) in [5.74, 6) is 0. The molecule has 240 valence electrons. The number of hydrogen-bond donors (Lipinski definition) is 6. The molecule has 17 atom stereocenters. The van der Waals surface area contributed by atoms with E-state index in [0.29, 0.717) is 6.42 Å². The van der Waals surface area contributed by atoms with Crippen LogP contribution in [-0.4, -0.2) is 156 Å². The van der Waals surface area contributed by atoms with Crippen LogP contribution in [0, 0.1) is 0 Å². The Labute approximate surface area is 239 Å². The third-order valence-electron chi connectivity index (χ3n) is 8.26. The minimum absolute atomic E-state index is 0.0374. The molecule has 15 heteroatoms. The van der Waals surface area contributed by atoms with Crippen LogP contribution in [0.2, 0.25) is 0 Å². The van der Waals surface area contributed by atoms with Crippen LogP contribution < -0.4 is 0 Å². The minimum Gasteiger partial charge on any atom is -0.394 e. The molecule has 0 aromatic heterocycles. The zero-order chi connectivity index (χ0) is 30.0. The second-order valence-corrected chi connectivity index (χ2v) is 11.2. The first-order valence-corrected chi connectivity index (χ1v) is 14.1. The molecule has 0 radical (unpaired) electrons. The molecule has 6 N–H and O–H groups in total. The van der Waals surface area contributed by atoms with Gasteiger partial charge in [0.2, 0.25) is 0 Å². The van der Waals surface area contributed by atoms with Gasteiger partial charge in [0.05, 0.1) is 43.2 Å². The monoisotopic (exact) mass is 598 g/mol. The molecule has 15 nitrogen and oxygen atoms in total. The van der Waals surface area contributed by atoms with Gasteiger partial charge in [-0.05, 0) is 20.8 Å². The number of hydrogen-bond acceptors (Lipinski definition) is 15. The smallest absolute Gasteiger partial charge is 0.187 e. The van der Waals surface area contributed by atoms with E-state index in [1.807, 2.05) is 6.92 Å². The number of aliphatic hydroxyl groups excluding tert-OH is 6. The summed E-state index contributed by atoms with van der Waals surface area (Å²) >= 11 is 0. The minimum atomic E-state index is -1.57. The molecule has 0 aromatic rings. The van der Waals surface area contributed by atoms with Crippen LogP contribution in [0.5, 0.6) is 0 Å². The van der Waals surface area contributed by atoms with Crippen LogP contribution in [0.4, 0.5) is 0 Å². The molecule has 4 fully saturated rings. The third-order valence-corrected chi connectivity index (χ3v) is 8.26. The maximum absolute atomic E-state index is 10.4. The van der Waals surface area contributed by atoms with Crippen molar-refractivity contribution >= 4 is 0 Å². The normalized spacial score (nSPS) is 51.4. The summed E-state index contributed by atoms with van der Waals surface area (Å²) in [4.78, 5) is 0. The first kappa shape index (κ1) is 33.3. The second-order valence-electron chi connectivity index (χ2n) is 11.2. The van der Waals surface area contributed by atoms with E-state index in [9.17, 15) is 30.6 Å². The van der Waals surface area contributed by atoms with Crippen LogP contribution in [0.1, 0.15) is 40.0 Å². The van der Waals surface area contributed by atoms with Gasteiger partial charge in [-0.3, -0.25) is 0 Å². The molecule has 0 aromatic carbocycles. The second kappa shape index (κ2) is 14.5. The molecule has 4 rings (SSSR count). The van der Waals surface area contributed by atoms with E-state index in [4.69, 9.17) is 42.6 Å². The van der Waals surface area contributed by atoms with Crippen molar-refractivity contribution in [1.82, 2.24) is 0 Å². The summed E-state index contributed by atoms with van der Waals surface area (Å²) in [6.45, 7) is 4.70. The van der Waals surface area contributed by atoms with Gasteiger partial charge in [-0.25, -0.2) is 0 Å². The van der Waals surface area contributed by atoms with Crippen LogP contribution in [-0.2, 0) is 42.6 Å². The predicted octanol–water partition coefficient (Wildman–Crippen LogP) is -2.27. The van der Waals surface area contributed by atoms with Crippen molar-refractivity contribution in [3.05, 3.63) is 0 Å². The molecule has 0 bridgehead atoms. The van der Waals surface area contributed by atoms with Gasteiger partial charge in [0.25, 0.3) is 0 Å². The maximum atomic E-state index is 10.4. The molecule has 4 aliphatic rings. The fourth-order valence-corrected chi connectivity index (χ4v) is 5.95. The van der Waals surface area contributed by atoms with Gasteiger partial charge in [0.1, 0.15) is 42.7 Å². The Morgan fingerprint density at radius 2 is 1.12 bits per heavy atom. The largest absolute Gasteiger partial charge is 0.394 e. The fourth-order valence-electron chi connectivity index (χ4n) is 5.95. The first-order chi connectivity index (χ1) is 19.5. The van der Waals surface area contributed by atoms with E-state index in [-0.39, 0.29) is 12.8 Å². The summed E-state index contributed by atoms with van der Waals surface area (Å²) in [5, 5.41) is 60.1. The molecule has 0 aliphatic carbocycles. The summed E-state index contributed by atoms with van der Waals surface area (Å²) in [5.41, 5.74) is 0. The Morgan fingerprint density at radius 3 is 1.63 bits per heavy atom. The number of ether oxygens (including phenoxy) is 9. The number of aliphatic hydroxyl groups is 6. The highest BCUT2D eigenvalue weighted by Crippen LogP contribution is 2.34. The van der Waals surface area contributed by atoms with Gasteiger partial charge >= 0.3 is 0 Å². The molecule has 0 spiro atoms. The lowest BCUT2D eigenvalue weighted by molar-refractivity contribution is -0.356. The van der Waals surface area contributed by atoms with Crippen molar-refractivity contribution < 1.29 is 73.3 Å². The fraction of sp³-hybridized carbons (Fsp3) is 1.00. The summed E-state index contributed by atoms with van der Waals surface area (Å²) in [7, 11) is 3.05. The zero-order valence-electron chi connectivity index (χ0n) is 24.0. The molecule has 0 saturated carbocycles. The molecule has 4 heterocycles. The SMILES string of the molecule is CO[C@H]1C[C@H](O[C@H]2[C@@H](O)CC(O)O[C@@H]2C)O[C@H](C)[C@H]1O[C@H]1C[C@@H](OC)[C@@H](O[C@@H]2O[C@H](CO)[C@@H](O)[C@H](O)[C@H]2O)[C@H](C)O1. The van der Waals surface area contributed by atoms with Crippen LogP contribution >= 0.6 is 0 Å². The molecule has 4 saturated heterocycles. The van der Waals surface area contributed by atoms with Crippen molar-refractivity contribution in [2.45, 2.75) is 145 Å². The summed E-state index contributed by atoms with van der Waals surface area (Å²) in [6.07, 6.45) is -14.4. The average molecular weight is 599 g/mol. The Balaban J connectivity index is 1.35. The van der Waals surface area contributed by atoms with Gasteiger partial charge in [0, 0.05) is 33.5 Å². The van der Waals surface area contributed by atoms with E-state index < -0.39 is 111 Å². The molecule has 1 unspecified atom stereocenters. The average Bonchev–Trinajstić information content (AvgIpc) is 2.93. The van der Waals surface area contributed by atoms with Gasteiger partial charge in [-0.15, -0.1) is 0 Å². The van der Waals surface area contributed by atoms with E-state index in [1.165, 1.54) is 7.11 Å². The molecular formula is C26H46O15. The van der Waals surface area contributed by atoms with Crippen LogP contribution in [0.25, 0.3) is 0 Å². The lowest BCUT2D eigenvalue weighted by atomic mass is 9.98. The molecule has 41 heavy (non-hydrogen) atoms. The zero-order valence-corrected chi connectivity index (χ0v) is 24.0. The van der Waals surface area contributed by atoms with Gasteiger partial charge in [-0.1, -0.05) is 0 Å². The van der Waals surface area contributed by atoms with Gasteiger partial charge < -0.3 is 73.3 Å². The predicted molar refractivity (Wildman–Crippen MR) is 135 cm³/mol. The van der Waals surface area contributed by atoms with E-state index >= 15 is 0 Å². The van der Waals surface area contributed by atoms with Crippen molar-refractivity contribution in [2.75, 3.05) is 20.8 Å². The van der Waals surface area contributed by atoms with Crippen molar-refractivity contribution in [2.24, 2.45) is 0 Å².